The maximum absolute atomic E-state index is 15.1. The zero-order valence-electron chi connectivity index (χ0n) is 23.7. The van der Waals surface area contributed by atoms with Crippen molar-refractivity contribution in [2.45, 2.75) is 18.8 Å². The van der Waals surface area contributed by atoms with Crippen LogP contribution in [0.4, 0.5) is 0 Å². The van der Waals surface area contributed by atoms with E-state index in [1.807, 2.05) is 152 Å². The lowest BCUT2D eigenvalue weighted by atomic mass is 9.56. The van der Waals surface area contributed by atoms with Crippen molar-refractivity contribution >= 4 is 17.8 Å². The lowest BCUT2D eigenvalue weighted by Gasteiger charge is -2.43. The van der Waals surface area contributed by atoms with Crippen molar-refractivity contribution in [3.05, 3.63) is 186 Å². The molecule has 0 aliphatic carbocycles. The van der Waals surface area contributed by atoms with Crippen LogP contribution in [-0.2, 0) is 14.3 Å². The maximum atomic E-state index is 15.1. The van der Waals surface area contributed by atoms with Crippen LogP contribution < -0.4 is 0 Å². The molecule has 3 nitrogen and oxygen atoms in total. The molecular weight excluding hydrogens is 516 g/mol. The highest BCUT2D eigenvalue weighted by atomic mass is 16.5. The van der Waals surface area contributed by atoms with Crippen molar-refractivity contribution in [1.82, 2.24) is 0 Å². The summed E-state index contributed by atoms with van der Waals surface area (Å²) in [6.45, 7) is 1.93. The number of rotatable bonds is 11. The molecule has 0 aliphatic heterocycles. The second kappa shape index (κ2) is 13.6. The molecule has 0 heterocycles. The van der Waals surface area contributed by atoms with E-state index >= 15 is 4.79 Å². The maximum Gasteiger partial charge on any atom is 0.321 e. The van der Waals surface area contributed by atoms with Crippen LogP contribution in [0.15, 0.2) is 158 Å². The average molecular weight is 551 g/mol. The molecule has 0 amide bonds. The van der Waals surface area contributed by atoms with Gasteiger partial charge in [0.05, 0.1) is 6.61 Å². The highest BCUT2D eigenvalue weighted by Crippen LogP contribution is 2.54. The van der Waals surface area contributed by atoms with Gasteiger partial charge in [0.15, 0.2) is 11.2 Å². The van der Waals surface area contributed by atoms with Gasteiger partial charge in [-0.2, -0.15) is 0 Å². The Morgan fingerprint density at radius 3 is 1.24 bits per heavy atom. The molecule has 0 N–H and O–H groups in total. The summed E-state index contributed by atoms with van der Waals surface area (Å²) < 4.78 is 5.93. The highest BCUT2D eigenvalue weighted by molar-refractivity contribution is 6.13. The smallest absolute Gasteiger partial charge is 0.321 e. The van der Waals surface area contributed by atoms with Crippen molar-refractivity contribution in [2.24, 2.45) is 5.41 Å². The number of carbonyl (C=O) groups excluding carboxylic acids is 2. The molecule has 0 aromatic heterocycles. The molecule has 0 unspecified atom stereocenters. The van der Waals surface area contributed by atoms with Crippen molar-refractivity contribution in [3.63, 3.8) is 0 Å². The predicted molar refractivity (Wildman–Crippen MR) is 169 cm³/mol. The fourth-order valence-corrected chi connectivity index (χ4v) is 5.93. The van der Waals surface area contributed by atoms with Crippen LogP contribution in [0.25, 0.3) is 6.08 Å². The van der Waals surface area contributed by atoms with E-state index in [4.69, 9.17) is 4.74 Å². The molecule has 0 atom stereocenters. The van der Waals surface area contributed by atoms with Gasteiger partial charge >= 0.3 is 5.97 Å². The van der Waals surface area contributed by atoms with E-state index in [2.05, 4.69) is 0 Å². The SMILES string of the molecule is CCOC(=O)C(C(=O)/C=C/c1ccccc1)(C(c1ccccc1)c1ccccc1)C(c1ccccc1)c1ccccc1. The molecule has 0 aliphatic rings. The number of ether oxygens (including phenoxy) is 1. The van der Waals surface area contributed by atoms with Gasteiger partial charge in [-0.05, 0) is 40.8 Å². The third-order valence-electron chi connectivity index (χ3n) is 7.69. The van der Waals surface area contributed by atoms with Crippen molar-refractivity contribution < 1.29 is 14.3 Å². The third-order valence-corrected chi connectivity index (χ3v) is 7.69. The number of ketones is 1. The van der Waals surface area contributed by atoms with Crippen molar-refractivity contribution in [3.8, 4) is 0 Å². The minimum absolute atomic E-state index is 0.142. The summed E-state index contributed by atoms with van der Waals surface area (Å²) in [6, 6.07) is 49.0. The van der Waals surface area contributed by atoms with Gasteiger partial charge in [0.25, 0.3) is 0 Å². The molecule has 3 heteroatoms. The van der Waals surface area contributed by atoms with Gasteiger partial charge in [-0.3, -0.25) is 9.59 Å². The van der Waals surface area contributed by atoms with Crippen LogP contribution in [-0.4, -0.2) is 18.4 Å². The summed E-state index contributed by atoms with van der Waals surface area (Å²) >= 11 is 0. The first-order chi connectivity index (χ1) is 20.7. The zero-order chi connectivity index (χ0) is 29.2. The van der Waals surface area contributed by atoms with Gasteiger partial charge in [0.1, 0.15) is 0 Å². The molecule has 5 rings (SSSR count). The summed E-state index contributed by atoms with van der Waals surface area (Å²) in [4.78, 5) is 30.0. The van der Waals surface area contributed by atoms with E-state index in [-0.39, 0.29) is 12.4 Å². The normalized spacial score (nSPS) is 11.6. The number of esters is 1. The molecule has 5 aromatic rings. The molecule has 208 valence electrons. The Bertz CT molecular complexity index is 1430. The number of hydrogen-bond donors (Lipinski definition) is 0. The first-order valence-corrected chi connectivity index (χ1v) is 14.3. The summed E-state index contributed by atoms with van der Waals surface area (Å²) in [6.07, 6.45) is 3.35. The highest BCUT2D eigenvalue weighted by Gasteiger charge is 2.59. The first kappa shape index (κ1) is 28.5. The van der Waals surface area contributed by atoms with E-state index < -0.39 is 23.2 Å². The third kappa shape index (κ3) is 5.87. The number of benzene rings is 5. The molecule has 0 bridgehead atoms. The Kier molecular flexibility index (Phi) is 9.20. The van der Waals surface area contributed by atoms with Gasteiger partial charge in [-0.1, -0.05) is 158 Å². The van der Waals surface area contributed by atoms with Crippen LogP contribution in [0.1, 0.15) is 46.6 Å². The Balaban J connectivity index is 1.90. The van der Waals surface area contributed by atoms with E-state index in [0.29, 0.717) is 0 Å². The zero-order valence-corrected chi connectivity index (χ0v) is 23.7. The van der Waals surface area contributed by atoms with Crippen molar-refractivity contribution in [2.75, 3.05) is 6.61 Å². The second-order valence-corrected chi connectivity index (χ2v) is 10.2. The summed E-state index contributed by atoms with van der Waals surface area (Å²) in [5.41, 5.74) is 2.61. The predicted octanol–water partition coefficient (Wildman–Crippen LogP) is 8.48. The van der Waals surface area contributed by atoms with E-state index in [1.165, 1.54) is 0 Å². The largest absolute Gasteiger partial charge is 0.465 e. The van der Waals surface area contributed by atoms with Crippen LogP contribution in [0.2, 0.25) is 0 Å². The van der Waals surface area contributed by atoms with Gasteiger partial charge in [-0.25, -0.2) is 0 Å². The summed E-state index contributed by atoms with van der Waals surface area (Å²) in [5, 5.41) is 0. The molecule has 5 aromatic carbocycles. The fraction of sp³-hybridized carbons (Fsp3) is 0.128. The number of carbonyl (C=O) groups is 2. The Labute approximate surface area is 248 Å². The van der Waals surface area contributed by atoms with Gasteiger partial charge < -0.3 is 4.74 Å². The topological polar surface area (TPSA) is 43.4 Å². The minimum atomic E-state index is -1.69. The average Bonchev–Trinajstić information content (AvgIpc) is 3.06. The van der Waals surface area contributed by atoms with Crippen LogP contribution in [0, 0.1) is 5.41 Å². The fourth-order valence-electron chi connectivity index (χ4n) is 5.93. The minimum Gasteiger partial charge on any atom is -0.465 e. The van der Waals surface area contributed by atoms with E-state index in [0.717, 1.165) is 27.8 Å². The lowest BCUT2D eigenvalue weighted by molar-refractivity contribution is -0.161. The summed E-state index contributed by atoms with van der Waals surface area (Å²) in [5.74, 6) is -2.18. The standard InChI is InChI=1S/C39H34O3/c1-2-42-38(41)39(35(40)29-28-30-18-8-3-9-19-30,36(31-20-10-4-11-21-31)32-22-12-5-13-23-32)37(33-24-14-6-15-25-33)34-26-16-7-17-27-34/h3-29,36-37H,2H2,1H3/b29-28+. The Morgan fingerprint density at radius 2 is 0.905 bits per heavy atom. The van der Waals surface area contributed by atoms with Crippen molar-refractivity contribution in [1.29, 1.82) is 0 Å². The van der Waals surface area contributed by atoms with E-state index in [1.54, 1.807) is 19.1 Å². The number of allylic oxidation sites excluding steroid dienone is 1. The van der Waals surface area contributed by atoms with Crippen LogP contribution >= 0.6 is 0 Å². The molecule has 0 spiro atoms. The molecule has 0 radical (unpaired) electrons. The molecule has 0 saturated carbocycles. The Hall–Kier alpha value is -5.02. The quantitative estimate of drug-likeness (QED) is 0.0941. The molecule has 0 fully saturated rings. The van der Waals surface area contributed by atoms with Gasteiger partial charge in [0.2, 0.25) is 0 Å². The van der Waals surface area contributed by atoms with Crippen LogP contribution in [0.5, 0.6) is 0 Å². The van der Waals surface area contributed by atoms with Crippen LogP contribution in [0.3, 0.4) is 0 Å². The monoisotopic (exact) mass is 550 g/mol. The van der Waals surface area contributed by atoms with E-state index in [9.17, 15) is 4.79 Å². The van der Waals surface area contributed by atoms with Gasteiger partial charge in [-0.15, -0.1) is 0 Å². The van der Waals surface area contributed by atoms with Gasteiger partial charge in [0, 0.05) is 11.8 Å². The number of hydrogen-bond acceptors (Lipinski definition) is 3. The molecule has 0 saturated heterocycles. The summed E-state index contributed by atoms with van der Waals surface area (Å²) in [7, 11) is 0. The first-order valence-electron chi connectivity index (χ1n) is 14.3. The lowest BCUT2D eigenvalue weighted by Crippen LogP contribution is -2.50. The molecule has 42 heavy (non-hydrogen) atoms. The second-order valence-electron chi connectivity index (χ2n) is 10.2. The molecular formula is C39H34O3. The Morgan fingerprint density at radius 1 is 0.571 bits per heavy atom.